The number of hydrogen-bond acceptors (Lipinski definition) is 4. The van der Waals surface area contributed by atoms with E-state index in [9.17, 15) is 9.59 Å². The van der Waals surface area contributed by atoms with E-state index in [4.69, 9.17) is 4.74 Å². The van der Waals surface area contributed by atoms with E-state index in [1.807, 2.05) is 30.3 Å². The van der Waals surface area contributed by atoms with E-state index < -0.39 is 0 Å². The zero-order valence-electron chi connectivity index (χ0n) is 13.1. The fourth-order valence-corrected chi connectivity index (χ4v) is 2.68. The smallest absolute Gasteiger partial charge is 0.409 e. The number of pyridine rings is 1. The summed E-state index contributed by atoms with van der Waals surface area (Å²) in [6.45, 7) is 4.14. The van der Waals surface area contributed by atoms with Crippen molar-refractivity contribution in [3.05, 3.63) is 42.1 Å². The summed E-state index contributed by atoms with van der Waals surface area (Å²) in [4.78, 5) is 32.0. The van der Waals surface area contributed by atoms with Gasteiger partial charge in [0.1, 0.15) is 0 Å². The molecular weight excluding hydrogens is 294 g/mol. The lowest BCUT2D eigenvalue weighted by molar-refractivity contribution is 0.0570. The molecule has 1 fully saturated rings. The molecule has 2 aromatic rings. The van der Waals surface area contributed by atoms with Crippen molar-refractivity contribution >= 4 is 22.9 Å². The van der Waals surface area contributed by atoms with Gasteiger partial charge in [-0.05, 0) is 19.1 Å². The lowest BCUT2D eigenvalue weighted by Crippen LogP contribution is -2.50. The second-order valence-electron chi connectivity index (χ2n) is 5.39. The first-order valence-corrected chi connectivity index (χ1v) is 7.75. The fourth-order valence-electron chi connectivity index (χ4n) is 2.68. The van der Waals surface area contributed by atoms with Gasteiger partial charge in [0, 0.05) is 37.8 Å². The van der Waals surface area contributed by atoms with Crippen LogP contribution in [0.2, 0.25) is 0 Å². The Balaban J connectivity index is 1.67. The quantitative estimate of drug-likeness (QED) is 0.852. The first kappa shape index (κ1) is 15.3. The van der Waals surface area contributed by atoms with Crippen molar-refractivity contribution in [1.29, 1.82) is 0 Å². The summed E-state index contributed by atoms with van der Waals surface area (Å²) in [5.74, 6) is -0.0493. The maximum Gasteiger partial charge on any atom is 0.409 e. The van der Waals surface area contributed by atoms with Crippen LogP contribution >= 0.6 is 0 Å². The van der Waals surface area contributed by atoms with Gasteiger partial charge in [-0.3, -0.25) is 9.78 Å². The normalized spacial score (nSPS) is 14.8. The van der Waals surface area contributed by atoms with Crippen molar-refractivity contribution in [2.75, 3.05) is 32.8 Å². The van der Waals surface area contributed by atoms with E-state index >= 15 is 0 Å². The van der Waals surface area contributed by atoms with E-state index in [0.717, 1.165) is 10.9 Å². The topological polar surface area (TPSA) is 62.7 Å². The van der Waals surface area contributed by atoms with Gasteiger partial charge in [-0.1, -0.05) is 18.2 Å². The Morgan fingerprint density at radius 2 is 1.83 bits per heavy atom. The molecular formula is C17H19N3O3. The summed E-state index contributed by atoms with van der Waals surface area (Å²) >= 11 is 0. The lowest BCUT2D eigenvalue weighted by atomic mass is 10.1. The Morgan fingerprint density at radius 3 is 2.57 bits per heavy atom. The lowest BCUT2D eigenvalue weighted by Gasteiger charge is -2.34. The molecule has 23 heavy (non-hydrogen) atoms. The fraction of sp³-hybridized carbons (Fsp3) is 0.353. The molecule has 2 heterocycles. The molecule has 0 bridgehead atoms. The third-order valence-corrected chi connectivity index (χ3v) is 3.93. The van der Waals surface area contributed by atoms with Crippen LogP contribution in [0, 0.1) is 0 Å². The molecule has 0 aliphatic carbocycles. The van der Waals surface area contributed by atoms with Gasteiger partial charge in [0.2, 0.25) is 0 Å². The molecule has 2 amide bonds. The van der Waals surface area contributed by atoms with Crippen LogP contribution < -0.4 is 0 Å². The minimum absolute atomic E-state index is 0.0493. The molecule has 0 N–H and O–H groups in total. The number of ether oxygens (including phenoxy) is 1. The number of piperazine rings is 1. The number of hydrogen-bond donors (Lipinski definition) is 0. The van der Waals surface area contributed by atoms with Crippen molar-refractivity contribution in [3.8, 4) is 0 Å². The van der Waals surface area contributed by atoms with E-state index in [1.165, 1.54) is 0 Å². The summed E-state index contributed by atoms with van der Waals surface area (Å²) < 4.78 is 4.98. The minimum Gasteiger partial charge on any atom is -0.450 e. The summed E-state index contributed by atoms with van der Waals surface area (Å²) in [6.07, 6.45) is 1.30. The highest BCUT2D eigenvalue weighted by Crippen LogP contribution is 2.15. The van der Waals surface area contributed by atoms with E-state index in [1.54, 1.807) is 22.9 Å². The largest absolute Gasteiger partial charge is 0.450 e. The number of nitrogens with zero attached hydrogens (tertiary/aromatic N) is 3. The molecule has 1 saturated heterocycles. The Bertz CT molecular complexity index is 724. The molecule has 0 radical (unpaired) electrons. The van der Waals surface area contributed by atoms with E-state index in [-0.39, 0.29) is 12.0 Å². The standard InChI is InChI=1S/C17H19N3O3/c1-2-23-17(22)20-9-7-19(8-10-20)16(21)14-11-13-5-3-4-6-15(13)18-12-14/h3-6,11-12H,2,7-10H2,1H3. The molecule has 3 rings (SSSR count). The molecule has 0 spiro atoms. The number of fused-ring (bicyclic) bond motifs is 1. The third-order valence-electron chi connectivity index (χ3n) is 3.93. The van der Waals surface area contributed by atoms with Crippen LogP contribution in [-0.2, 0) is 4.74 Å². The monoisotopic (exact) mass is 313 g/mol. The predicted molar refractivity (Wildman–Crippen MR) is 86.2 cm³/mol. The average Bonchev–Trinajstić information content (AvgIpc) is 2.61. The van der Waals surface area contributed by atoms with E-state index in [2.05, 4.69) is 4.98 Å². The maximum absolute atomic E-state index is 12.6. The number of benzene rings is 1. The van der Waals surface area contributed by atoms with Gasteiger partial charge in [0.15, 0.2) is 0 Å². The highest BCUT2D eigenvalue weighted by molar-refractivity contribution is 5.97. The third kappa shape index (κ3) is 3.26. The number of rotatable bonds is 2. The van der Waals surface area contributed by atoms with Crippen LogP contribution in [0.25, 0.3) is 10.9 Å². The van der Waals surface area contributed by atoms with Gasteiger partial charge in [0.25, 0.3) is 5.91 Å². The van der Waals surface area contributed by atoms with Crippen LogP contribution in [0.15, 0.2) is 36.5 Å². The average molecular weight is 313 g/mol. The molecule has 0 unspecified atom stereocenters. The molecule has 6 nitrogen and oxygen atoms in total. The zero-order valence-corrected chi connectivity index (χ0v) is 13.1. The Labute approximate surface area is 134 Å². The first-order valence-electron chi connectivity index (χ1n) is 7.75. The molecule has 1 aliphatic rings. The van der Waals surface area contributed by atoms with Crippen molar-refractivity contribution < 1.29 is 14.3 Å². The summed E-state index contributed by atoms with van der Waals surface area (Å²) in [6, 6.07) is 9.57. The van der Waals surface area contributed by atoms with Crippen molar-refractivity contribution in [2.24, 2.45) is 0 Å². The number of aromatic nitrogens is 1. The van der Waals surface area contributed by atoms with Crippen molar-refractivity contribution in [1.82, 2.24) is 14.8 Å². The predicted octanol–water partition coefficient (Wildman–Crippen LogP) is 2.15. The Kier molecular flexibility index (Phi) is 4.41. The van der Waals surface area contributed by atoms with Crippen LogP contribution in [0.4, 0.5) is 4.79 Å². The zero-order chi connectivity index (χ0) is 16.2. The SMILES string of the molecule is CCOC(=O)N1CCN(C(=O)c2cnc3ccccc3c2)CC1. The number of carbonyl (C=O) groups excluding carboxylic acids is 2. The maximum atomic E-state index is 12.6. The molecule has 1 aliphatic heterocycles. The second kappa shape index (κ2) is 6.64. The van der Waals surface area contributed by atoms with Gasteiger partial charge >= 0.3 is 6.09 Å². The van der Waals surface area contributed by atoms with Gasteiger partial charge < -0.3 is 14.5 Å². The van der Waals surface area contributed by atoms with Crippen LogP contribution in [0.3, 0.4) is 0 Å². The molecule has 120 valence electrons. The van der Waals surface area contributed by atoms with Gasteiger partial charge in [-0.15, -0.1) is 0 Å². The van der Waals surface area contributed by atoms with Crippen LogP contribution in [0.1, 0.15) is 17.3 Å². The Hall–Kier alpha value is -2.63. The highest BCUT2D eigenvalue weighted by Gasteiger charge is 2.25. The van der Waals surface area contributed by atoms with Gasteiger partial charge in [-0.2, -0.15) is 0 Å². The Morgan fingerprint density at radius 1 is 1.13 bits per heavy atom. The van der Waals surface area contributed by atoms with Crippen molar-refractivity contribution in [3.63, 3.8) is 0 Å². The molecule has 0 atom stereocenters. The van der Waals surface area contributed by atoms with Crippen molar-refractivity contribution in [2.45, 2.75) is 6.92 Å². The first-order chi connectivity index (χ1) is 11.2. The molecule has 1 aromatic heterocycles. The number of para-hydroxylation sites is 1. The number of amides is 2. The van der Waals surface area contributed by atoms with E-state index in [0.29, 0.717) is 38.3 Å². The van der Waals surface area contributed by atoms with Gasteiger partial charge in [-0.25, -0.2) is 4.79 Å². The van der Waals surface area contributed by atoms with Crippen LogP contribution in [-0.4, -0.2) is 59.6 Å². The molecule has 6 heteroatoms. The van der Waals surface area contributed by atoms with Gasteiger partial charge in [0.05, 0.1) is 17.7 Å². The minimum atomic E-state index is -0.313. The number of carbonyl (C=O) groups is 2. The van der Waals surface area contributed by atoms with Crippen LogP contribution in [0.5, 0.6) is 0 Å². The highest BCUT2D eigenvalue weighted by atomic mass is 16.6. The summed E-state index contributed by atoms with van der Waals surface area (Å²) in [7, 11) is 0. The summed E-state index contributed by atoms with van der Waals surface area (Å²) in [5, 5.41) is 0.948. The molecule has 0 saturated carbocycles. The summed E-state index contributed by atoms with van der Waals surface area (Å²) in [5.41, 5.74) is 1.45. The second-order valence-corrected chi connectivity index (χ2v) is 5.39. The molecule has 1 aromatic carbocycles.